The van der Waals surface area contributed by atoms with Crippen LogP contribution in [0.2, 0.25) is 0 Å². The lowest BCUT2D eigenvalue weighted by Crippen LogP contribution is -2.33. The first-order chi connectivity index (χ1) is 10.0. The summed E-state index contributed by atoms with van der Waals surface area (Å²) >= 11 is 0. The van der Waals surface area contributed by atoms with E-state index < -0.39 is 0 Å². The van der Waals surface area contributed by atoms with Gasteiger partial charge in [-0.15, -0.1) is 0 Å². The molecule has 5 nitrogen and oxygen atoms in total. The third-order valence-electron chi connectivity index (χ3n) is 3.63. The van der Waals surface area contributed by atoms with Gasteiger partial charge in [-0.2, -0.15) is 0 Å². The summed E-state index contributed by atoms with van der Waals surface area (Å²) in [5, 5.41) is 0. The number of imidazole rings is 1. The molecular weight excluding hydrogens is 273 g/mol. The van der Waals surface area contributed by atoms with E-state index in [-0.39, 0.29) is 11.7 Å². The normalized spacial score (nSPS) is 14.3. The molecule has 1 aromatic carbocycles. The third-order valence-corrected chi connectivity index (χ3v) is 3.63. The van der Waals surface area contributed by atoms with Gasteiger partial charge in [0.15, 0.2) is 5.82 Å². The Labute approximate surface area is 121 Å². The van der Waals surface area contributed by atoms with Crippen molar-refractivity contribution in [2.45, 2.75) is 20.4 Å². The number of amides is 1. The van der Waals surface area contributed by atoms with E-state index in [1.807, 2.05) is 13.8 Å². The average Bonchev–Trinajstić information content (AvgIpc) is 2.68. The lowest BCUT2D eigenvalue weighted by atomic mass is 10.2. The van der Waals surface area contributed by atoms with E-state index in [1.165, 1.54) is 12.1 Å². The summed E-state index contributed by atoms with van der Waals surface area (Å²) in [4.78, 5) is 21.4. The van der Waals surface area contributed by atoms with Crippen LogP contribution in [0.4, 0.5) is 4.39 Å². The van der Waals surface area contributed by atoms with Gasteiger partial charge in [0.05, 0.1) is 12.2 Å². The number of H-pyrrole nitrogens is 1. The number of nitrogens with zero attached hydrogens (tertiary/aromatic N) is 2. The SMILES string of the molecule is Cc1nc(C(=O)N2CCOc3cc(F)ccc3C2)[nH]c1C. The molecule has 1 aliphatic heterocycles. The highest BCUT2D eigenvalue weighted by atomic mass is 19.1. The van der Waals surface area contributed by atoms with Gasteiger partial charge < -0.3 is 14.6 Å². The largest absolute Gasteiger partial charge is 0.491 e. The fraction of sp³-hybridized carbons (Fsp3) is 0.333. The van der Waals surface area contributed by atoms with Crippen LogP contribution in [0.1, 0.15) is 27.6 Å². The number of hydrogen-bond donors (Lipinski definition) is 1. The van der Waals surface area contributed by atoms with Crippen LogP contribution in [0.5, 0.6) is 5.75 Å². The van der Waals surface area contributed by atoms with Crippen molar-refractivity contribution in [3.63, 3.8) is 0 Å². The first kappa shape index (κ1) is 13.6. The number of halogens is 1. The van der Waals surface area contributed by atoms with Crippen molar-refractivity contribution in [2.75, 3.05) is 13.2 Å². The molecule has 0 saturated heterocycles. The molecule has 0 unspecified atom stereocenters. The molecule has 1 N–H and O–H groups in total. The maximum Gasteiger partial charge on any atom is 0.290 e. The van der Waals surface area contributed by atoms with Crippen LogP contribution >= 0.6 is 0 Å². The molecule has 0 radical (unpaired) electrons. The minimum atomic E-state index is -0.342. The highest BCUT2D eigenvalue weighted by Gasteiger charge is 2.23. The number of benzene rings is 1. The van der Waals surface area contributed by atoms with Crippen molar-refractivity contribution in [3.8, 4) is 5.75 Å². The molecule has 1 amide bonds. The molecule has 0 fully saturated rings. The number of carbonyl (C=O) groups excluding carboxylic acids is 1. The quantitative estimate of drug-likeness (QED) is 0.875. The Morgan fingerprint density at radius 2 is 2.24 bits per heavy atom. The van der Waals surface area contributed by atoms with Crippen molar-refractivity contribution < 1.29 is 13.9 Å². The van der Waals surface area contributed by atoms with Gasteiger partial charge >= 0.3 is 0 Å². The molecule has 21 heavy (non-hydrogen) atoms. The molecule has 2 heterocycles. The van der Waals surface area contributed by atoms with E-state index in [9.17, 15) is 9.18 Å². The van der Waals surface area contributed by atoms with Gasteiger partial charge in [0, 0.05) is 23.9 Å². The number of aryl methyl sites for hydroxylation is 2. The van der Waals surface area contributed by atoms with E-state index in [1.54, 1.807) is 11.0 Å². The monoisotopic (exact) mass is 289 g/mol. The number of ether oxygens (including phenoxy) is 1. The van der Waals surface area contributed by atoms with Crippen LogP contribution in [0.25, 0.3) is 0 Å². The minimum absolute atomic E-state index is 0.174. The van der Waals surface area contributed by atoms with Gasteiger partial charge in [0.25, 0.3) is 5.91 Å². The van der Waals surface area contributed by atoms with Crippen molar-refractivity contribution in [1.82, 2.24) is 14.9 Å². The number of aromatic nitrogens is 2. The number of fused-ring (bicyclic) bond motifs is 1. The predicted molar refractivity (Wildman–Crippen MR) is 74.7 cm³/mol. The Balaban J connectivity index is 1.86. The fourth-order valence-electron chi connectivity index (χ4n) is 2.32. The van der Waals surface area contributed by atoms with E-state index >= 15 is 0 Å². The van der Waals surface area contributed by atoms with Crippen molar-refractivity contribution in [1.29, 1.82) is 0 Å². The van der Waals surface area contributed by atoms with Crippen molar-refractivity contribution >= 4 is 5.91 Å². The molecular formula is C15H16FN3O2. The summed E-state index contributed by atoms with van der Waals surface area (Å²) < 4.78 is 18.7. The summed E-state index contributed by atoms with van der Waals surface area (Å²) in [5.74, 6) is 0.311. The summed E-state index contributed by atoms with van der Waals surface area (Å²) in [5.41, 5.74) is 2.49. The van der Waals surface area contributed by atoms with Crippen molar-refractivity contribution in [2.24, 2.45) is 0 Å². The predicted octanol–water partition coefficient (Wildman–Crippen LogP) is 2.20. The summed E-state index contributed by atoms with van der Waals surface area (Å²) in [7, 11) is 0. The maximum absolute atomic E-state index is 13.2. The molecule has 0 aliphatic carbocycles. The number of carbonyl (C=O) groups is 1. The first-order valence-electron chi connectivity index (χ1n) is 6.78. The van der Waals surface area contributed by atoms with Gasteiger partial charge in [0.1, 0.15) is 18.2 Å². The second kappa shape index (κ2) is 5.20. The zero-order valence-corrected chi connectivity index (χ0v) is 11.9. The Hall–Kier alpha value is -2.37. The van der Waals surface area contributed by atoms with E-state index in [4.69, 9.17) is 4.74 Å². The van der Waals surface area contributed by atoms with Crippen LogP contribution in [0, 0.1) is 19.7 Å². The molecule has 0 saturated carbocycles. The Morgan fingerprint density at radius 1 is 1.43 bits per heavy atom. The van der Waals surface area contributed by atoms with E-state index in [0.29, 0.717) is 31.3 Å². The topological polar surface area (TPSA) is 58.2 Å². The van der Waals surface area contributed by atoms with Gasteiger partial charge in [-0.1, -0.05) is 6.07 Å². The lowest BCUT2D eigenvalue weighted by Gasteiger charge is -2.18. The molecule has 0 bridgehead atoms. The number of rotatable bonds is 1. The van der Waals surface area contributed by atoms with Crippen LogP contribution in [-0.2, 0) is 6.54 Å². The number of aromatic amines is 1. The Morgan fingerprint density at radius 3 is 2.95 bits per heavy atom. The van der Waals surface area contributed by atoms with Gasteiger partial charge in [-0.3, -0.25) is 4.79 Å². The van der Waals surface area contributed by atoms with Crippen molar-refractivity contribution in [3.05, 3.63) is 46.8 Å². The molecule has 0 spiro atoms. The number of nitrogens with one attached hydrogen (secondary N) is 1. The molecule has 3 rings (SSSR count). The highest BCUT2D eigenvalue weighted by molar-refractivity contribution is 5.90. The highest BCUT2D eigenvalue weighted by Crippen LogP contribution is 2.24. The summed E-state index contributed by atoms with van der Waals surface area (Å²) in [6.07, 6.45) is 0. The average molecular weight is 289 g/mol. The summed E-state index contributed by atoms with van der Waals surface area (Å²) in [6, 6.07) is 4.37. The number of hydrogen-bond acceptors (Lipinski definition) is 3. The molecule has 1 aliphatic rings. The third kappa shape index (κ3) is 2.61. The zero-order chi connectivity index (χ0) is 15.0. The van der Waals surface area contributed by atoms with Gasteiger partial charge in [-0.05, 0) is 19.9 Å². The van der Waals surface area contributed by atoms with Crippen LogP contribution in [0.15, 0.2) is 18.2 Å². The molecule has 6 heteroatoms. The molecule has 1 aromatic heterocycles. The van der Waals surface area contributed by atoms with Crippen LogP contribution in [0.3, 0.4) is 0 Å². The smallest absolute Gasteiger partial charge is 0.290 e. The van der Waals surface area contributed by atoms with E-state index in [0.717, 1.165) is 17.0 Å². The zero-order valence-electron chi connectivity index (χ0n) is 11.9. The summed E-state index contributed by atoms with van der Waals surface area (Å²) in [6.45, 7) is 4.89. The molecule has 110 valence electrons. The van der Waals surface area contributed by atoms with Gasteiger partial charge in [-0.25, -0.2) is 9.37 Å². The molecule has 0 atom stereocenters. The Kier molecular flexibility index (Phi) is 3.37. The Bertz CT molecular complexity index is 677. The first-order valence-corrected chi connectivity index (χ1v) is 6.78. The van der Waals surface area contributed by atoms with Crippen LogP contribution in [-0.4, -0.2) is 33.9 Å². The van der Waals surface area contributed by atoms with E-state index in [2.05, 4.69) is 9.97 Å². The van der Waals surface area contributed by atoms with Crippen LogP contribution < -0.4 is 4.74 Å². The minimum Gasteiger partial charge on any atom is -0.491 e. The second-order valence-corrected chi connectivity index (χ2v) is 5.12. The second-order valence-electron chi connectivity index (χ2n) is 5.12. The fourth-order valence-corrected chi connectivity index (χ4v) is 2.32. The lowest BCUT2D eigenvalue weighted by molar-refractivity contribution is 0.0721. The standard InChI is InChI=1S/C15H16FN3O2/c1-9-10(2)18-14(17-9)15(20)19-5-6-21-13-7-12(16)4-3-11(13)8-19/h3-4,7H,5-6,8H2,1-2H3,(H,17,18). The molecule has 2 aromatic rings. The maximum atomic E-state index is 13.2. The van der Waals surface area contributed by atoms with Gasteiger partial charge in [0.2, 0.25) is 0 Å².